The molecule has 0 saturated heterocycles. The van der Waals surface area contributed by atoms with Gasteiger partial charge in [0.05, 0.1) is 5.70 Å². The normalized spacial score (nSPS) is 18.5. The van der Waals surface area contributed by atoms with Gasteiger partial charge in [0.15, 0.2) is 17.3 Å². The highest BCUT2D eigenvalue weighted by molar-refractivity contribution is 6.05. The molecule has 1 amide bonds. The van der Waals surface area contributed by atoms with E-state index < -0.39 is 11.7 Å². The van der Waals surface area contributed by atoms with Gasteiger partial charge in [0.2, 0.25) is 0 Å². The van der Waals surface area contributed by atoms with Crippen molar-refractivity contribution in [3.8, 4) is 0 Å². The number of aromatic nitrogens is 1. The Morgan fingerprint density at radius 3 is 3.11 bits per heavy atom. The van der Waals surface area contributed by atoms with Crippen LogP contribution in [0.5, 0.6) is 0 Å². The molecule has 0 spiro atoms. The molecule has 0 unspecified atom stereocenters. The fourth-order valence-corrected chi connectivity index (χ4v) is 2.19. The predicted molar refractivity (Wildman–Crippen MR) is 64.4 cm³/mol. The number of nitrogens with zero attached hydrogens (tertiary/aromatic N) is 3. The van der Waals surface area contributed by atoms with Gasteiger partial charge >= 0.3 is 0 Å². The van der Waals surface area contributed by atoms with E-state index in [0.717, 1.165) is 23.3 Å². The Kier molecular flexibility index (Phi) is 1.87. The summed E-state index contributed by atoms with van der Waals surface area (Å²) in [6.07, 6.45) is 4.25. The van der Waals surface area contributed by atoms with Crippen molar-refractivity contribution >= 4 is 11.7 Å². The molecule has 1 aromatic heterocycles. The maximum absolute atomic E-state index is 13.4. The molecule has 1 saturated carbocycles. The summed E-state index contributed by atoms with van der Waals surface area (Å²) in [7, 11) is 0. The van der Waals surface area contributed by atoms with Gasteiger partial charge in [0, 0.05) is 18.2 Å². The number of hydrogen-bond acceptors (Lipinski definition) is 4. The molecule has 1 aliphatic heterocycles. The molecule has 0 radical (unpaired) electrons. The van der Waals surface area contributed by atoms with E-state index in [1.54, 1.807) is 0 Å². The smallest absolute Gasteiger partial charge is 0.278 e. The lowest BCUT2D eigenvalue weighted by molar-refractivity contribution is -0.112. The third-order valence-corrected chi connectivity index (χ3v) is 3.20. The summed E-state index contributed by atoms with van der Waals surface area (Å²) < 4.78 is 13.4. The average Bonchev–Trinajstić information content (AvgIpc) is 2.89. The number of allylic oxidation sites excluding steroid dienone is 3. The first kappa shape index (κ1) is 10.3. The number of anilines is 1. The second-order valence-corrected chi connectivity index (χ2v) is 4.42. The summed E-state index contributed by atoms with van der Waals surface area (Å²) in [6, 6.07) is 2.69. The standard InChI is InChI=1S/C13H7FN4O/c14-9-2-1-3-15-12(9)16-13(19)11-8-5-6-4-7(6)10(8)17-18-11/h1-3,5H,4H2,(H,15,16,19). The Morgan fingerprint density at radius 1 is 1.37 bits per heavy atom. The lowest BCUT2D eigenvalue weighted by atomic mass is 10.1. The van der Waals surface area contributed by atoms with Crippen molar-refractivity contribution in [3.63, 3.8) is 0 Å². The lowest BCUT2D eigenvalue weighted by Crippen LogP contribution is -2.15. The number of pyridine rings is 1. The van der Waals surface area contributed by atoms with Crippen molar-refractivity contribution in [2.45, 2.75) is 6.42 Å². The topological polar surface area (TPSA) is 66.7 Å². The fraction of sp³-hybridized carbons (Fsp3) is 0.0769. The summed E-state index contributed by atoms with van der Waals surface area (Å²) in [5, 5.41) is 10.3. The molecule has 3 aliphatic rings. The monoisotopic (exact) mass is 254 g/mol. The summed E-state index contributed by atoms with van der Waals surface area (Å²) in [5.41, 5.74) is 4.09. The van der Waals surface area contributed by atoms with E-state index in [1.807, 2.05) is 6.08 Å². The van der Waals surface area contributed by atoms with Crippen molar-refractivity contribution < 1.29 is 9.18 Å². The van der Waals surface area contributed by atoms with Crippen LogP contribution in [0.1, 0.15) is 6.42 Å². The largest absolute Gasteiger partial charge is 0.303 e. The zero-order valence-corrected chi connectivity index (χ0v) is 9.64. The maximum Gasteiger partial charge on any atom is 0.278 e. The lowest BCUT2D eigenvalue weighted by Gasteiger charge is -2.04. The predicted octanol–water partition coefficient (Wildman–Crippen LogP) is 2.48. The van der Waals surface area contributed by atoms with Gasteiger partial charge in [0.1, 0.15) is 0 Å². The van der Waals surface area contributed by atoms with E-state index in [9.17, 15) is 9.18 Å². The zero-order valence-electron chi connectivity index (χ0n) is 9.64. The summed E-state index contributed by atoms with van der Waals surface area (Å²) in [5.74, 6) is -1.18. The molecule has 2 aliphatic carbocycles. The van der Waals surface area contributed by atoms with Crippen molar-refractivity contribution in [1.82, 2.24) is 4.98 Å². The molecular formula is C13H7FN4O. The van der Waals surface area contributed by atoms with Crippen LogP contribution in [0, 0.1) is 5.82 Å². The number of azo groups is 1. The van der Waals surface area contributed by atoms with E-state index in [0.29, 0.717) is 0 Å². The second-order valence-electron chi connectivity index (χ2n) is 4.42. The van der Waals surface area contributed by atoms with Crippen LogP contribution in [0.2, 0.25) is 0 Å². The van der Waals surface area contributed by atoms with Crippen molar-refractivity contribution in [2.75, 3.05) is 5.32 Å². The van der Waals surface area contributed by atoms with Gasteiger partial charge in [-0.15, -0.1) is 10.2 Å². The summed E-state index contributed by atoms with van der Waals surface area (Å²) >= 11 is 0. The van der Waals surface area contributed by atoms with Crippen LogP contribution < -0.4 is 5.32 Å². The average molecular weight is 254 g/mol. The molecule has 6 heteroatoms. The molecule has 19 heavy (non-hydrogen) atoms. The van der Waals surface area contributed by atoms with E-state index in [2.05, 4.69) is 20.5 Å². The molecule has 4 rings (SSSR count). The Bertz CT molecular complexity index is 758. The molecule has 1 aromatic rings. The van der Waals surface area contributed by atoms with Crippen molar-refractivity contribution in [2.24, 2.45) is 10.2 Å². The number of carbonyl (C=O) groups excluding carboxylic acids is 1. The minimum Gasteiger partial charge on any atom is -0.303 e. The second kappa shape index (κ2) is 3.44. The molecule has 0 atom stereocenters. The van der Waals surface area contributed by atoms with E-state index in [1.165, 1.54) is 23.9 Å². The zero-order chi connectivity index (χ0) is 13.0. The molecule has 1 fully saturated rings. The first-order chi connectivity index (χ1) is 9.24. The van der Waals surface area contributed by atoms with Gasteiger partial charge < -0.3 is 5.32 Å². The fourth-order valence-electron chi connectivity index (χ4n) is 2.19. The molecule has 0 aromatic carbocycles. The minimum atomic E-state index is -0.581. The Morgan fingerprint density at radius 2 is 2.26 bits per heavy atom. The van der Waals surface area contributed by atoms with Crippen LogP contribution >= 0.6 is 0 Å². The van der Waals surface area contributed by atoms with E-state index in [-0.39, 0.29) is 11.5 Å². The van der Waals surface area contributed by atoms with Gasteiger partial charge in [-0.05, 0) is 29.4 Å². The molecule has 1 N–H and O–H groups in total. The number of halogens is 1. The third-order valence-electron chi connectivity index (χ3n) is 3.20. The van der Waals surface area contributed by atoms with Gasteiger partial charge in [-0.1, -0.05) is 0 Å². The summed E-state index contributed by atoms with van der Waals surface area (Å²) in [4.78, 5) is 15.8. The van der Waals surface area contributed by atoms with Gasteiger partial charge in [0.25, 0.3) is 5.91 Å². The highest BCUT2D eigenvalue weighted by Crippen LogP contribution is 2.51. The number of fused-ring (bicyclic) bond motifs is 2. The van der Waals surface area contributed by atoms with E-state index in [4.69, 9.17) is 0 Å². The number of amides is 1. The SMILES string of the molecule is O=C(Nc1ncccc1F)C1=C2C=C3CC3=C2N=N1. The first-order valence-corrected chi connectivity index (χ1v) is 5.76. The van der Waals surface area contributed by atoms with Crippen LogP contribution in [-0.2, 0) is 4.79 Å². The van der Waals surface area contributed by atoms with Crippen LogP contribution in [0.15, 0.2) is 62.7 Å². The van der Waals surface area contributed by atoms with Gasteiger partial charge in [-0.2, -0.15) is 0 Å². The minimum absolute atomic E-state index is 0.104. The van der Waals surface area contributed by atoms with Gasteiger partial charge in [-0.3, -0.25) is 4.79 Å². The quantitative estimate of drug-likeness (QED) is 0.880. The van der Waals surface area contributed by atoms with Crippen LogP contribution in [0.3, 0.4) is 0 Å². The van der Waals surface area contributed by atoms with Gasteiger partial charge in [-0.25, -0.2) is 9.37 Å². The van der Waals surface area contributed by atoms with Crippen LogP contribution in [0.4, 0.5) is 10.2 Å². The highest BCUT2D eigenvalue weighted by Gasteiger charge is 2.38. The van der Waals surface area contributed by atoms with E-state index >= 15 is 0 Å². The molecule has 0 bridgehead atoms. The maximum atomic E-state index is 13.4. The molecule has 5 nitrogen and oxygen atoms in total. The number of rotatable bonds is 2. The Hall–Kier alpha value is -2.63. The first-order valence-electron chi connectivity index (χ1n) is 5.76. The molecule has 2 heterocycles. The van der Waals surface area contributed by atoms with Crippen LogP contribution in [-0.4, -0.2) is 10.9 Å². The highest BCUT2D eigenvalue weighted by atomic mass is 19.1. The van der Waals surface area contributed by atoms with Crippen LogP contribution in [0.25, 0.3) is 0 Å². The Labute approximate surface area is 107 Å². The Balaban J connectivity index is 1.65. The number of nitrogens with one attached hydrogen (secondary N) is 1. The molecular weight excluding hydrogens is 247 g/mol. The summed E-state index contributed by atoms with van der Waals surface area (Å²) in [6.45, 7) is 0. The number of hydrogen-bond donors (Lipinski definition) is 1. The van der Waals surface area contributed by atoms with Crippen molar-refractivity contribution in [1.29, 1.82) is 0 Å². The van der Waals surface area contributed by atoms with Crippen molar-refractivity contribution in [3.05, 3.63) is 58.3 Å². The number of carbonyl (C=O) groups is 1. The molecule has 92 valence electrons. The third kappa shape index (κ3) is 1.46.